The molecule has 0 bridgehead atoms. The van der Waals surface area contributed by atoms with E-state index < -0.39 is 12.0 Å². The Morgan fingerprint density at radius 3 is 2.58 bits per heavy atom. The number of hydrogen-bond donors (Lipinski definition) is 0. The van der Waals surface area contributed by atoms with Crippen LogP contribution in [-0.2, 0) is 9.53 Å². The van der Waals surface area contributed by atoms with Crippen LogP contribution in [0.15, 0.2) is 5.18 Å². The molecule has 0 rings (SSSR count). The lowest BCUT2D eigenvalue weighted by Gasteiger charge is -2.10. The van der Waals surface area contributed by atoms with E-state index in [-0.39, 0.29) is 5.92 Å². The van der Waals surface area contributed by atoms with Gasteiger partial charge in [0.2, 0.25) is 0 Å². The predicted molar refractivity (Wildman–Crippen MR) is 40.7 cm³/mol. The second-order valence-electron chi connectivity index (χ2n) is 2.76. The van der Waals surface area contributed by atoms with Crippen LogP contribution in [0.4, 0.5) is 0 Å². The van der Waals surface area contributed by atoms with E-state index in [1.165, 1.54) is 6.26 Å². The third-order valence-corrected chi connectivity index (χ3v) is 1.25. The van der Waals surface area contributed by atoms with Gasteiger partial charge in [0.1, 0.15) is 0 Å². The van der Waals surface area contributed by atoms with Crippen molar-refractivity contribution in [2.75, 3.05) is 0 Å². The number of rotatable bonds is 4. The monoisotopic (exact) mass is 170 g/mol. The van der Waals surface area contributed by atoms with E-state index in [1.54, 1.807) is 0 Å². The maximum Gasteiger partial charge on any atom is 0.327 e. The van der Waals surface area contributed by atoms with Gasteiger partial charge in [-0.2, -0.15) is 5.26 Å². The Morgan fingerprint density at radius 2 is 2.25 bits per heavy atom. The first-order valence-electron chi connectivity index (χ1n) is 3.53. The van der Waals surface area contributed by atoms with Gasteiger partial charge in [-0.25, -0.2) is 0 Å². The molecule has 0 aliphatic carbocycles. The van der Waals surface area contributed by atoms with Gasteiger partial charge in [0.25, 0.3) is 6.26 Å². The molecule has 12 heavy (non-hydrogen) atoms. The lowest BCUT2D eigenvalue weighted by molar-refractivity contribution is -0.126. The molecule has 0 radical (unpaired) electrons. The molecule has 0 aromatic carbocycles. The third kappa shape index (κ3) is 3.66. The minimum atomic E-state index is -1.01. The molecular weight excluding hydrogens is 160 g/mol. The van der Waals surface area contributed by atoms with Crippen molar-refractivity contribution in [3.05, 3.63) is 4.91 Å². The standard InChI is InChI=1S/C7H10N2O3/c1-5(2)3-6(12-4-8)7(10)9-11/h5-6H,3H2,1-2H3. The first-order valence-corrected chi connectivity index (χ1v) is 3.53. The summed E-state index contributed by atoms with van der Waals surface area (Å²) in [6.45, 7) is 3.71. The summed E-state index contributed by atoms with van der Waals surface area (Å²) < 4.78 is 4.37. The number of carbonyl (C=O) groups excluding carboxylic acids is 1. The van der Waals surface area contributed by atoms with E-state index in [4.69, 9.17) is 5.26 Å². The summed E-state index contributed by atoms with van der Waals surface area (Å²) in [4.78, 5) is 20.5. The van der Waals surface area contributed by atoms with Crippen molar-refractivity contribution >= 4 is 5.91 Å². The Labute approximate surface area is 70.3 Å². The predicted octanol–water partition coefficient (Wildman–Crippen LogP) is 1.19. The van der Waals surface area contributed by atoms with Gasteiger partial charge in [-0.15, -0.1) is 4.91 Å². The molecule has 1 atom stereocenters. The van der Waals surface area contributed by atoms with Gasteiger partial charge in [0, 0.05) is 5.18 Å². The quantitative estimate of drug-likeness (QED) is 0.469. The Morgan fingerprint density at radius 1 is 1.67 bits per heavy atom. The highest BCUT2D eigenvalue weighted by Gasteiger charge is 2.21. The normalized spacial score (nSPS) is 11.8. The fourth-order valence-electron chi connectivity index (χ4n) is 0.750. The smallest absolute Gasteiger partial charge is 0.327 e. The molecule has 0 heterocycles. The summed E-state index contributed by atoms with van der Waals surface area (Å²) in [7, 11) is 0. The number of nitrogens with zero attached hydrogens (tertiary/aromatic N) is 2. The lowest BCUT2D eigenvalue weighted by Crippen LogP contribution is -2.22. The highest BCUT2D eigenvalue weighted by molar-refractivity contribution is 5.81. The fraction of sp³-hybridized carbons (Fsp3) is 0.714. The Kier molecular flexibility index (Phi) is 4.61. The van der Waals surface area contributed by atoms with Crippen LogP contribution in [0.5, 0.6) is 0 Å². The SMILES string of the molecule is CC(C)CC(OC#N)C(=O)N=O. The molecule has 0 spiro atoms. The number of amides is 1. The van der Waals surface area contributed by atoms with E-state index in [2.05, 4.69) is 9.91 Å². The van der Waals surface area contributed by atoms with Crippen LogP contribution in [0.3, 0.4) is 0 Å². The van der Waals surface area contributed by atoms with Crippen molar-refractivity contribution in [3.8, 4) is 6.26 Å². The molecule has 66 valence electrons. The second-order valence-corrected chi connectivity index (χ2v) is 2.76. The maximum absolute atomic E-state index is 10.7. The van der Waals surface area contributed by atoms with Crippen LogP contribution >= 0.6 is 0 Å². The Hall–Kier alpha value is -1.44. The van der Waals surface area contributed by atoms with Crippen LogP contribution in [-0.4, -0.2) is 12.0 Å². The number of carbonyl (C=O) groups is 1. The third-order valence-electron chi connectivity index (χ3n) is 1.25. The van der Waals surface area contributed by atoms with Crippen molar-refractivity contribution in [1.29, 1.82) is 5.26 Å². The van der Waals surface area contributed by atoms with Gasteiger partial charge in [0.15, 0.2) is 6.10 Å². The zero-order chi connectivity index (χ0) is 9.56. The highest BCUT2D eigenvalue weighted by Crippen LogP contribution is 2.09. The molecule has 0 aromatic heterocycles. The number of nitroso groups, excluding NO2 is 1. The van der Waals surface area contributed by atoms with Crippen LogP contribution in [0.1, 0.15) is 20.3 Å². The first kappa shape index (κ1) is 10.6. The molecule has 1 unspecified atom stereocenters. The summed E-state index contributed by atoms with van der Waals surface area (Å²) in [6, 6.07) is 0. The van der Waals surface area contributed by atoms with Gasteiger partial charge in [-0.05, 0) is 12.3 Å². The van der Waals surface area contributed by atoms with Crippen molar-refractivity contribution < 1.29 is 9.53 Å². The zero-order valence-electron chi connectivity index (χ0n) is 6.98. The number of hydrogen-bond acceptors (Lipinski definition) is 4. The maximum atomic E-state index is 10.7. The van der Waals surface area contributed by atoms with Crippen LogP contribution in [0.2, 0.25) is 0 Å². The summed E-state index contributed by atoms with van der Waals surface area (Å²) >= 11 is 0. The molecule has 0 aliphatic heterocycles. The highest BCUT2D eigenvalue weighted by atomic mass is 16.5. The molecule has 0 saturated carbocycles. The zero-order valence-corrected chi connectivity index (χ0v) is 6.98. The molecule has 0 aliphatic rings. The lowest BCUT2D eigenvalue weighted by atomic mass is 10.1. The molecule has 5 nitrogen and oxygen atoms in total. The van der Waals surface area contributed by atoms with Crippen molar-refractivity contribution in [2.45, 2.75) is 26.4 Å². The topological polar surface area (TPSA) is 79.5 Å². The minimum Gasteiger partial charge on any atom is -0.414 e. The van der Waals surface area contributed by atoms with Gasteiger partial charge < -0.3 is 4.74 Å². The molecule has 0 fully saturated rings. The van der Waals surface area contributed by atoms with Crippen LogP contribution in [0.25, 0.3) is 0 Å². The summed E-state index contributed by atoms with van der Waals surface area (Å²) in [5.41, 5.74) is 0. The van der Waals surface area contributed by atoms with Crippen LogP contribution < -0.4 is 0 Å². The van der Waals surface area contributed by atoms with E-state index >= 15 is 0 Å². The Balaban J connectivity index is 4.14. The van der Waals surface area contributed by atoms with Crippen LogP contribution in [0, 0.1) is 22.3 Å². The average molecular weight is 170 g/mol. The van der Waals surface area contributed by atoms with E-state index in [0.717, 1.165) is 0 Å². The summed E-state index contributed by atoms with van der Waals surface area (Å²) in [6.07, 6.45) is 0.693. The Bertz CT molecular complexity index is 207. The number of ether oxygens (including phenoxy) is 1. The summed E-state index contributed by atoms with van der Waals surface area (Å²) in [5, 5.41) is 10.3. The van der Waals surface area contributed by atoms with Crippen molar-refractivity contribution in [1.82, 2.24) is 0 Å². The molecule has 1 amide bonds. The van der Waals surface area contributed by atoms with Gasteiger partial charge in [0.05, 0.1) is 0 Å². The van der Waals surface area contributed by atoms with E-state index in [0.29, 0.717) is 6.42 Å². The molecule has 5 heteroatoms. The van der Waals surface area contributed by atoms with E-state index in [9.17, 15) is 9.70 Å². The van der Waals surface area contributed by atoms with Gasteiger partial charge >= 0.3 is 5.91 Å². The number of nitriles is 1. The van der Waals surface area contributed by atoms with E-state index in [1.807, 2.05) is 13.8 Å². The first-order chi connectivity index (χ1) is 5.61. The molecule has 0 saturated heterocycles. The largest absolute Gasteiger partial charge is 0.414 e. The average Bonchev–Trinajstić information content (AvgIpc) is 2.01. The molecule has 0 N–H and O–H groups in total. The minimum absolute atomic E-state index is 0.175. The fourth-order valence-corrected chi connectivity index (χ4v) is 0.750. The summed E-state index contributed by atoms with van der Waals surface area (Å²) in [5.74, 6) is -0.751. The van der Waals surface area contributed by atoms with Crippen molar-refractivity contribution in [3.63, 3.8) is 0 Å². The van der Waals surface area contributed by atoms with Gasteiger partial charge in [-0.3, -0.25) is 4.79 Å². The van der Waals surface area contributed by atoms with Gasteiger partial charge in [-0.1, -0.05) is 13.8 Å². The molecule has 0 aromatic rings. The molecular formula is C7H10N2O3. The second kappa shape index (κ2) is 5.24. The van der Waals surface area contributed by atoms with Crippen molar-refractivity contribution in [2.24, 2.45) is 11.1 Å².